The quantitative estimate of drug-likeness (QED) is 0.691. The van der Waals surface area contributed by atoms with E-state index in [1.807, 2.05) is 43.7 Å². The first kappa shape index (κ1) is 17.0. The molecule has 0 fully saturated rings. The topological polar surface area (TPSA) is 71.8 Å². The predicted molar refractivity (Wildman–Crippen MR) is 104 cm³/mol. The molecule has 2 aromatic heterocycles. The van der Waals surface area contributed by atoms with Crippen LogP contribution >= 0.6 is 0 Å². The van der Waals surface area contributed by atoms with E-state index < -0.39 is 0 Å². The maximum absolute atomic E-state index is 12.5. The molecule has 0 radical (unpaired) electrons. The number of imidazole rings is 1. The molecule has 128 valence electrons. The molecular weight excluding hydrogens is 313 g/mol. The third kappa shape index (κ3) is 3.65. The molecule has 0 aliphatic heterocycles. The van der Waals surface area contributed by atoms with Gasteiger partial charge in [-0.15, -0.1) is 0 Å². The summed E-state index contributed by atoms with van der Waals surface area (Å²) in [6.45, 7) is 4.75. The fourth-order valence-electron chi connectivity index (χ4n) is 2.68. The van der Waals surface area contributed by atoms with Crippen molar-refractivity contribution in [3.05, 3.63) is 42.4 Å². The number of nitrogens with zero attached hydrogens (tertiary/aromatic N) is 3. The number of hydrogen-bond donors (Lipinski definition) is 2. The van der Waals surface area contributed by atoms with Gasteiger partial charge in [-0.1, -0.05) is 31.4 Å². The van der Waals surface area contributed by atoms with Gasteiger partial charge in [0.25, 0.3) is 5.91 Å². The minimum Gasteiger partial charge on any atom is -0.352 e. The number of pyridine rings is 1. The molecule has 0 aliphatic carbocycles. The van der Waals surface area contributed by atoms with E-state index in [4.69, 9.17) is 0 Å². The number of carbonyl (C=O) groups excluding carboxylic acids is 1. The molecule has 6 nitrogen and oxygen atoms in total. The Kier molecular flexibility index (Phi) is 4.74. The summed E-state index contributed by atoms with van der Waals surface area (Å²) in [4.78, 5) is 21.4. The highest BCUT2D eigenvalue weighted by atomic mass is 16.1. The van der Waals surface area contributed by atoms with Gasteiger partial charge in [-0.2, -0.15) is 0 Å². The number of benzene rings is 1. The van der Waals surface area contributed by atoms with Crippen molar-refractivity contribution in [1.82, 2.24) is 19.9 Å². The Morgan fingerprint density at radius 3 is 2.84 bits per heavy atom. The first-order chi connectivity index (χ1) is 12.0. The molecule has 2 N–H and O–H groups in total. The second kappa shape index (κ2) is 6.97. The van der Waals surface area contributed by atoms with E-state index in [9.17, 15) is 4.79 Å². The minimum atomic E-state index is -0.128. The zero-order valence-electron chi connectivity index (χ0n) is 15.0. The average molecular weight is 335 g/mol. The van der Waals surface area contributed by atoms with Crippen LogP contribution in [0.5, 0.6) is 0 Å². The predicted octanol–water partition coefficient (Wildman–Crippen LogP) is 1.36. The number of hydrogen-bond acceptors (Lipinski definition) is 4. The number of aryl methyl sites for hydroxylation is 1. The van der Waals surface area contributed by atoms with Crippen LogP contribution in [0.4, 0.5) is 11.5 Å². The minimum absolute atomic E-state index is 0.128. The van der Waals surface area contributed by atoms with Crippen LogP contribution in [0.3, 0.4) is 0 Å². The van der Waals surface area contributed by atoms with E-state index in [0.29, 0.717) is 29.4 Å². The van der Waals surface area contributed by atoms with Crippen molar-refractivity contribution in [1.29, 1.82) is 0 Å². The zero-order chi connectivity index (χ0) is 18.0. The highest BCUT2D eigenvalue weighted by Gasteiger charge is 2.17. The number of carbonyl (C=O) groups is 1. The van der Waals surface area contributed by atoms with Gasteiger partial charge >= 0.3 is 0 Å². The SMILES string of the molecule is Bc1cccc(Nc2ncc(C(=O)NCC(C)C)c3c2ncn3C)c1. The van der Waals surface area contributed by atoms with E-state index >= 15 is 0 Å². The number of aromatic nitrogens is 3. The van der Waals surface area contributed by atoms with Gasteiger partial charge in [0, 0.05) is 25.5 Å². The Hall–Kier alpha value is -2.83. The van der Waals surface area contributed by atoms with Crippen LogP contribution < -0.4 is 16.1 Å². The summed E-state index contributed by atoms with van der Waals surface area (Å²) in [5.41, 5.74) is 4.08. The number of nitrogens with one attached hydrogen (secondary N) is 2. The summed E-state index contributed by atoms with van der Waals surface area (Å²) in [5, 5.41) is 6.24. The summed E-state index contributed by atoms with van der Waals surface area (Å²) in [6.07, 6.45) is 3.31. The second-order valence-electron chi connectivity index (χ2n) is 6.67. The van der Waals surface area contributed by atoms with Crippen molar-refractivity contribution in [3.63, 3.8) is 0 Å². The third-order valence-corrected chi connectivity index (χ3v) is 3.94. The fourth-order valence-corrected chi connectivity index (χ4v) is 2.68. The van der Waals surface area contributed by atoms with E-state index in [0.717, 1.165) is 16.7 Å². The first-order valence-electron chi connectivity index (χ1n) is 8.37. The molecule has 0 saturated carbocycles. The van der Waals surface area contributed by atoms with Gasteiger partial charge in [0.15, 0.2) is 5.82 Å². The lowest BCUT2D eigenvalue weighted by Crippen LogP contribution is -2.28. The maximum Gasteiger partial charge on any atom is 0.255 e. The van der Waals surface area contributed by atoms with Gasteiger partial charge in [-0.25, -0.2) is 9.97 Å². The molecule has 0 bridgehead atoms. The highest BCUT2D eigenvalue weighted by Crippen LogP contribution is 2.25. The van der Waals surface area contributed by atoms with Gasteiger partial charge in [-0.3, -0.25) is 4.79 Å². The Morgan fingerprint density at radius 1 is 1.32 bits per heavy atom. The van der Waals surface area contributed by atoms with Gasteiger partial charge in [0.1, 0.15) is 13.4 Å². The van der Waals surface area contributed by atoms with Gasteiger partial charge in [0.05, 0.1) is 17.4 Å². The molecule has 1 amide bonds. The monoisotopic (exact) mass is 335 g/mol. The van der Waals surface area contributed by atoms with Crippen molar-refractivity contribution in [2.24, 2.45) is 13.0 Å². The molecular formula is C18H22BN5O. The molecule has 0 atom stereocenters. The molecule has 1 aromatic carbocycles. The van der Waals surface area contributed by atoms with E-state index in [-0.39, 0.29) is 5.91 Å². The van der Waals surface area contributed by atoms with Crippen LogP contribution in [0.25, 0.3) is 11.0 Å². The number of rotatable bonds is 5. The summed E-state index contributed by atoms with van der Waals surface area (Å²) < 4.78 is 1.85. The fraction of sp³-hybridized carbons (Fsp3) is 0.278. The largest absolute Gasteiger partial charge is 0.352 e. The molecule has 0 saturated heterocycles. The summed E-state index contributed by atoms with van der Waals surface area (Å²) in [7, 11) is 3.92. The average Bonchev–Trinajstić information content (AvgIpc) is 2.96. The third-order valence-electron chi connectivity index (χ3n) is 3.94. The Bertz CT molecular complexity index is 919. The van der Waals surface area contributed by atoms with Gasteiger partial charge in [0.2, 0.25) is 0 Å². The molecule has 25 heavy (non-hydrogen) atoms. The van der Waals surface area contributed by atoms with Crippen LogP contribution in [0.1, 0.15) is 24.2 Å². The van der Waals surface area contributed by atoms with Gasteiger partial charge < -0.3 is 15.2 Å². The van der Waals surface area contributed by atoms with Crippen LogP contribution in [0, 0.1) is 5.92 Å². The molecule has 0 unspecified atom stereocenters. The number of anilines is 2. The van der Waals surface area contributed by atoms with Crippen molar-refractivity contribution in [3.8, 4) is 0 Å². The van der Waals surface area contributed by atoms with Gasteiger partial charge in [-0.05, 0) is 18.1 Å². The van der Waals surface area contributed by atoms with Crippen molar-refractivity contribution < 1.29 is 4.79 Å². The molecule has 3 rings (SSSR count). The number of amides is 1. The lowest BCUT2D eigenvalue weighted by Gasteiger charge is -2.11. The van der Waals surface area contributed by atoms with Crippen LogP contribution in [0.2, 0.25) is 0 Å². The second-order valence-corrected chi connectivity index (χ2v) is 6.67. The van der Waals surface area contributed by atoms with Crippen molar-refractivity contribution in [2.45, 2.75) is 13.8 Å². The van der Waals surface area contributed by atoms with Crippen molar-refractivity contribution in [2.75, 3.05) is 11.9 Å². The molecule has 3 aromatic rings. The molecule has 7 heteroatoms. The maximum atomic E-state index is 12.5. The standard InChI is InChI=1S/C18H22BN5O/c1-11(2)8-21-18(25)14-9-20-17(15-16(14)24(3)10-22-15)23-13-6-4-5-12(19)7-13/h4-7,9-11H,8,19H2,1-3H3,(H,20,23)(H,21,25). The van der Waals surface area contributed by atoms with Crippen LogP contribution in [0.15, 0.2) is 36.8 Å². The highest BCUT2D eigenvalue weighted by molar-refractivity contribution is 6.32. The molecule has 0 spiro atoms. The lowest BCUT2D eigenvalue weighted by atomic mass is 9.96. The Morgan fingerprint density at radius 2 is 2.12 bits per heavy atom. The number of fused-ring (bicyclic) bond motifs is 1. The van der Waals surface area contributed by atoms with E-state index in [1.165, 1.54) is 0 Å². The normalized spacial score (nSPS) is 11.0. The molecule has 0 aliphatic rings. The van der Waals surface area contributed by atoms with Crippen LogP contribution in [-0.4, -0.2) is 34.8 Å². The Labute approximate surface area is 148 Å². The van der Waals surface area contributed by atoms with Crippen LogP contribution in [-0.2, 0) is 7.05 Å². The lowest BCUT2D eigenvalue weighted by molar-refractivity contribution is 0.0950. The Balaban J connectivity index is 1.98. The summed E-state index contributed by atoms with van der Waals surface area (Å²) >= 11 is 0. The van der Waals surface area contributed by atoms with Crippen molar-refractivity contribution >= 4 is 41.8 Å². The molecule has 2 heterocycles. The first-order valence-corrected chi connectivity index (χ1v) is 8.37. The summed E-state index contributed by atoms with van der Waals surface area (Å²) in [5.74, 6) is 0.903. The smallest absolute Gasteiger partial charge is 0.255 e. The van der Waals surface area contributed by atoms with E-state index in [1.54, 1.807) is 12.5 Å². The van der Waals surface area contributed by atoms with E-state index in [2.05, 4.69) is 34.4 Å². The zero-order valence-corrected chi connectivity index (χ0v) is 15.0. The summed E-state index contributed by atoms with van der Waals surface area (Å²) in [6, 6.07) is 8.05.